The van der Waals surface area contributed by atoms with Crippen LogP contribution in [0.5, 0.6) is 11.8 Å². The van der Waals surface area contributed by atoms with Crippen molar-refractivity contribution in [2.75, 3.05) is 19.8 Å². The zero-order valence-corrected chi connectivity index (χ0v) is 12.1. The van der Waals surface area contributed by atoms with Crippen LogP contribution in [0.15, 0.2) is 0 Å². The second-order valence-electron chi connectivity index (χ2n) is 4.90. The van der Waals surface area contributed by atoms with E-state index in [0.29, 0.717) is 24.9 Å². The summed E-state index contributed by atoms with van der Waals surface area (Å²) in [4.78, 5) is 0. The van der Waals surface area contributed by atoms with Crippen molar-refractivity contribution < 1.29 is 14.6 Å². The summed E-state index contributed by atoms with van der Waals surface area (Å²) in [6, 6.07) is 0. The Balaban J connectivity index is 2.33. The SMILES string of the molecule is CCOc1nsnc1OC[C@@H](O)CNC(C)(C)C. The molecule has 104 valence electrons. The van der Waals surface area contributed by atoms with Crippen molar-refractivity contribution in [1.82, 2.24) is 14.1 Å². The molecule has 0 spiro atoms. The molecule has 0 radical (unpaired) electrons. The van der Waals surface area contributed by atoms with E-state index in [0.717, 1.165) is 11.7 Å². The summed E-state index contributed by atoms with van der Waals surface area (Å²) in [5.41, 5.74) is -0.0281. The number of ether oxygens (including phenoxy) is 2. The first-order chi connectivity index (χ1) is 8.42. The molecule has 0 aliphatic rings. The van der Waals surface area contributed by atoms with E-state index in [1.807, 2.05) is 27.7 Å². The molecule has 0 bridgehead atoms. The van der Waals surface area contributed by atoms with Crippen LogP contribution in [0, 0.1) is 0 Å². The molecule has 18 heavy (non-hydrogen) atoms. The third-order valence-corrected chi connectivity index (χ3v) is 2.49. The van der Waals surface area contributed by atoms with Crippen molar-refractivity contribution in [1.29, 1.82) is 0 Å². The molecular formula is C11H21N3O3S. The number of aliphatic hydroxyl groups excluding tert-OH is 1. The molecular weight excluding hydrogens is 254 g/mol. The van der Waals surface area contributed by atoms with E-state index in [4.69, 9.17) is 9.47 Å². The minimum atomic E-state index is -0.597. The highest BCUT2D eigenvalue weighted by Gasteiger charge is 2.15. The molecule has 1 atom stereocenters. The van der Waals surface area contributed by atoms with Crippen molar-refractivity contribution in [3.8, 4) is 11.8 Å². The molecule has 0 amide bonds. The summed E-state index contributed by atoms with van der Waals surface area (Å²) in [5, 5.41) is 13.0. The van der Waals surface area contributed by atoms with Gasteiger partial charge in [0, 0.05) is 12.1 Å². The van der Waals surface area contributed by atoms with E-state index >= 15 is 0 Å². The van der Waals surface area contributed by atoms with Crippen molar-refractivity contribution in [3.63, 3.8) is 0 Å². The van der Waals surface area contributed by atoms with Crippen LogP contribution in [-0.4, -0.2) is 45.3 Å². The Morgan fingerprint density at radius 1 is 1.28 bits per heavy atom. The van der Waals surface area contributed by atoms with Gasteiger partial charge >= 0.3 is 0 Å². The maximum absolute atomic E-state index is 9.76. The number of rotatable bonds is 7. The summed E-state index contributed by atoms with van der Waals surface area (Å²) < 4.78 is 18.5. The summed E-state index contributed by atoms with van der Waals surface area (Å²) in [7, 11) is 0. The highest BCUT2D eigenvalue weighted by Crippen LogP contribution is 2.23. The Morgan fingerprint density at radius 2 is 1.89 bits per heavy atom. The second kappa shape index (κ2) is 6.86. The fourth-order valence-corrected chi connectivity index (χ4v) is 1.59. The highest BCUT2D eigenvalue weighted by atomic mass is 32.1. The molecule has 0 fully saturated rings. The van der Waals surface area contributed by atoms with Crippen LogP contribution in [0.1, 0.15) is 27.7 Å². The minimum absolute atomic E-state index is 0.0281. The van der Waals surface area contributed by atoms with Crippen LogP contribution >= 0.6 is 11.7 Å². The topological polar surface area (TPSA) is 76.5 Å². The Labute approximate surface area is 112 Å². The van der Waals surface area contributed by atoms with Gasteiger partial charge in [0.25, 0.3) is 11.8 Å². The summed E-state index contributed by atoms with van der Waals surface area (Å²) in [5.74, 6) is 0.732. The normalized spacial score (nSPS) is 13.4. The van der Waals surface area contributed by atoms with Gasteiger partial charge in [-0.3, -0.25) is 0 Å². The third-order valence-electron chi connectivity index (χ3n) is 1.99. The van der Waals surface area contributed by atoms with Gasteiger partial charge in [-0.15, -0.1) is 8.75 Å². The molecule has 0 saturated carbocycles. The first kappa shape index (κ1) is 15.1. The summed E-state index contributed by atoms with van der Waals surface area (Å²) >= 11 is 1.03. The molecule has 2 N–H and O–H groups in total. The van der Waals surface area contributed by atoms with E-state index in [9.17, 15) is 5.11 Å². The molecule has 7 heteroatoms. The average Bonchev–Trinajstić information content (AvgIpc) is 2.71. The first-order valence-corrected chi connectivity index (χ1v) is 6.66. The van der Waals surface area contributed by atoms with Crippen molar-refractivity contribution in [2.45, 2.75) is 39.3 Å². The van der Waals surface area contributed by atoms with Crippen LogP contribution in [-0.2, 0) is 0 Å². The fraction of sp³-hybridized carbons (Fsp3) is 0.818. The maximum Gasteiger partial charge on any atom is 0.291 e. The first-order valence-electron chi connectivity index (χ1n) is 5.93. The Bertz CT molecular complexity index is 352. The summed E-state index contributed by atoms with van der Waals surface area (Å²) in [6.45, 7) is 9.12. The minimum Gasteiger partial charge on any atom is -0.473 e. The van der Waals surface area contributed by atoms with Gasteiger partial charge < -0.3 is 19.9 Å². The monoisotopic (exact) mass is 275 g/mol. The molecule has 0 saturated heterocycles. The molecule has 0 aromatic carbocycles. The van der Waals surface area contributed by atoms with E-state index in [-0.39, 0.29) is 12.1 Å². The van der Waals surface area contributed by atoms with Crippen LogP contribution in [0.3, 0.4) is 0 Å². The zero-order chi connectivity index (χ0) is 13.6. The highest BCUT2D eigenvalue weighted by molar-refractivity contribution is 6.99. The number of hydrogen-bond acceptors (Lipinski definition) is 7. The third kappa shape index (κ3) is 5.61. The van der Waals surface area contributed by atoms with Gasteiger partial charge in [-0.25, -0.2) is 0 Å². The molecule has 1 rings (SSSR count). The average molecular weight is 275 g/mol. The molecule has 0 aliphatic carbocycles. The van der Waals surface area contributed by atoms with E-state index in [2.05, 4.69) is 14.1 Å². The largest absolute Gasteiger partial charge is 0.473 e. The van der Waals surface area contributed by atoms with Gasteiger partial charge in [0.1, 0.15) is 12.7 Å². The van der Waals surface area contributed by atoms with Crippen molar-refractivity contribution in [3.05, 3.63) is 0 Å². The lowest BCUT2D eigenvalue weighted by atomic mass is 10.1. The molecule has 0 unspecified atom stereocenters. The van der Waals surface area contributed by atoms with Gasteiger partial charge in [-0.2, -0.15) is 0 Å². The number of nitrogens with one attached hydrogen (secondary N) is 1. The van der Waals surface area contributed by atoms with Gasteiger partial charge in [-0.1, -0.05) is 0 Å². The van der Waals surface area contributed by atoms with E-state index in [1.54, 1.807) is 0 Å². The van der Waals surface area contributed by atoms with Gasteiger partial charge in [0.2, 0.25) is 0 Å². The maximum atomic E-state index is 9.76. The molecule has 1 heterocycles. The quantitative estimate of drug-likeness (QED) is 0.775. The van der Waals surface area contributed by atoms with Crippen LogP contribution < -0.4 is 14.8 Å². The van der Waals surface area contributed by atoms with E-state index < -0.39 is 6.10 Å². The Kier molecular flexibility index (Phi) is 5.77. The van der Waals surface area contributed by atoms with Crippen molar-refractivity contribution in [2.24, 2.45) is 0 Å². The Hall–Kier alpha value is -0.920. The van der Waals surface area contributed by atoms with Crippen LogP contribution in [0.4, 0.5) is 0 Å². The number of β-amino-alcohol motifs (C(OH)–C–C–N with tert-alkyl or cyclic N) is 1. The summed E-state index contributed by atoms with van der Waals surface area (Å²) in [6.07, 6.45) is -0.597. The fourth-order valence-electron chi connectivity index (χ4n) is 1.14. The standard InChI is InChI=1S/C11H21N3O3S/c1-5-16-9-10(14-18-13-9)17-7-8(15)6-12-11(2,3)4/h8,12,15H,5-7H2,1-4H3/t8-/m0/s1. The lowest BCUT2D eigenvalue weighted by molar-refractivity contribution is 0.0959. The lowest BCUT2D eigenvalue weighted by Gasteiger charge is -2.22. The Morgan fingerprint density at radius 3 is 2.44 bits per heavy atom. The predicted octanol–water partition coefficient (Wildman–Crippen LogP) is 1.06. The second-order valence-corrected chi connectivity index (χ2v) is 5.43. The molecule has 0 aliphatic heterocycles. The number of nitrogens with zero attached hydrogens (tertiary/aromatic N) is 2. The van der Waals surface area contributed by atoms with Crippen LogP contribution in [0.2, 0.25) is 0 Å². The predicted molar refractivity (Wildman–Crippen MR) is 70.3 cm³/mol. The van der Waals surface area contributed by atoms with E-state index in [1.165, 1.54) is 0 Å². The van der Waals surface area contributed by atoms with Gasteiger partial charge in [0.15, 0.2) is 0 Å². The molecule has 1 aromatic rings. The lowest BCUT2D eigenvalue weighted by Crippen LogP contribution is -2.42. The molecule has 1 aromatic heterocycles. The smallest absolute Gasteiger partial charge is 0.291 e. The van der Waals surface area contributed by atoms with Gasteiger partial charge in [-0.05, 0) is 27.7 Å². The van der Waals surface area contributed by atoms with Crippen LogP contribution in [0.25, 0.3) is 0 Å². The zero-order valence-electron chi connectivity index (χ0n) is 11.3. The number of hydrogen-bond donors (Lipinski definition) is 2. The number of aliphatic hydroxyl groups is 1. The van der Waals surface area contributed by atoms with Crippen molar-refractivity contribution >= 4 is 11.7 Å². The number of aromatic nitrogens is 2. The molecule has 6 nitrogen and oxygen atoms in total. The van der Waals surface area contributed by atoms with Gasteiger partial charge in [0.05, 0.1) is 18.3 Å².